The van der Waals surface area contributed by atoms with Crippen LogP contribution in [0, 0.1) is 20.8 Å². The Labute approximate surface area is 154 Å². The number of piperazine rings is 1. The van der Waals surface area contributed by atoms with Gasteiger partial charge in [-0.05, 0) is 38.5 Å². The summed E-state index contributed by atoms with van der Waals surface area (Å²) in [5.41, 5.74) is 6.86. The van der Waals surface area contributed by atoms with Gasteiger partial charge in [-0.2, -0.15) is 5.10 Å². The summed E-state index contributed by atoms with van der Waals surface area (Å²) >= 11 is 0. The number of nitrogens with zero attached hydrogens (tertiary/aromatic N) is 6. The first-order chi connectivity index (χ1) is 12.6. The molecule has 0 atom stereocenters. The van der Waals surface area contributed by atoms with Crippen LogP contribution in [0.25, 0.3) is 5.65 Å². The molecule has 0 aliphatic carbocycles. The number of aromatic nitrogens is 4. The Morgan fingerprint density at radius 1 is 1.00 bits per heavy atom. The Kier molecular flexibility index (Phi) is 4.70. The van der Waals surface area contributed by atoms with Crippen molar-refractivity contribution in [2.24, 2.45) is 0 Å². The average Bonchev–Trinajstić information content (AvgIpc) is 3.02. The minimum absolute atomic E-state index is 0.913. The highest BCUT2D eigenvalue weighted by Crippen LogP contribution is 2.16. The number of pyridine rings is 1. The van der Waals surface area contributed by atoms with Gasteiger partial charge < -0.3 is 0 Å². The Balaban J connectivity index is 1.39. The van der Waals surface area contributed by atoms with E-state index in [2.05, 4.69) is 45.9 Å². The van der Waals surface area contributed by atoms with Crippen molar-refractivity contribution in [2.75, 3.05) is 26.2 Å². The Morgan fingerprint density at radius 3 is 2.46 bits per heavy atom. The summed E-state index contributed by atoms with van der Waals surface area (Å²) in [7, 11) is 0. The molecule has 1 fully saturated rings. The van der Waals surface area contributed by atoms with Crippen LogP contribution in [0.15, 0.2) is 30.6 Å². The number of fused-ring (bicyclic) bond motifs is 1. The first-order valence-corrected chi connectivity index (χ1v) is 9.26. The minimum atomic E-state index is 0.913. The van der Waals surface area contributed by atoms with Crippen LogP contribution in [0.3, 0.4) is 0 Å². The number of rotatable bonds is 4. The zero-order chi connectivity index (χ0) is 18.1. The van der Waals surface area contributed by atoms with Gasteiger partial charge in [-0.15, -0.1) is 0 Å². The molecule has 0 radical (unpaired) electrons. The Bertz CT molecular complexity index is 908. The van der Waals surface area contributed by atoms with Crippen molar-refractivity contribution in [3.05, 3.63) is 58.8 Å². The van der Waals surface area contributed by atoms with E-state index in [0.29, 0.717) is 0 Å². The lowest BCUT2D eigenvalue weighted by molar-refractivity contribution is 0.121. The summed E-state index contributed by atoms with van der Waals surface area (Å²) in [4.78, 5) is 14.2. The molecule has 0 aromatic carbocycles. The van der Waals surface area contributed by atoms with Crippen LogP contribution in [-0.4, -0.2) is 55.6 Å². The quantitative estimate of drug-likeness (QED) is 0.723. The van der Waals surface area contributed by atoms with Gasteiger partial charge in [0, 0.05) is 62.4 Å². The predicted molar refractivity (Wildman–Crippen MR) is 102 cm³/mol. The molecule has 0 saturated carbocycles. The van der Waals surface area contributed by atoms with Crippen LogP contribution < -0.4 is 0 Å². The summed E-state index contributed by atoms with van der Waals surface area (Å²) in [6.07, 6.45) is 3.86. The Morgan fingerprint density at radius 2 is 1.73 bits per heavy atom. The molecular weight excluding hydrogens is 324 g/mol. The van der Waals surface area contributed by atoms with Crippen molar-refractivity contribution in [1.82, 2.24) is 29.4 Å². The van der Waals surface area contributed by atoms with Gasteiger partial charge in [0.05, 0.1) is 11.9 Å². The molecule has 136 valence electrons. The second kappa shape index (κ2) is 7.13. The molecule has 6 nitrogen and oxygen atoms in total. The van der Waals surface area contributed by atoms with Gasteiger partial charge in [0.1, 0.15) is 0 Å². The summed E-state index contributed by atoms with van der Waals surface area (Å²) < 4.78 is 1.95. The largest absolute Gasteiger partial charge is 0.296 e. The molecule has 4 rings (SSSR count). The second-order valence-electron chi connectivity index (χ2n) is 7.26. The first-order valence-electron chi connectivity index (χ1n) is 9.26. The smallest absolute Gasteiger partial charge is 0.159 e. The molecule has 26 heavy (non-hydrogen) atoms. The average molecular weight is 350 g/mol. The molecule has 0 bridgehead atoms. The molecule has 0 amide bonds. The van der Waals surface area contributed by atoms with Crippen molar-refractivity contribution in [3.8, 4) is 0 Å². The molecule has 1 aliphatic heterocycles. The summed E-state index contributed by atoms with van der Waals surface area (Å²) in [5.74, 6) is 0. The van der Waals surface area contributed by atoms with E-state index >= 15 is 0 Å². The SMILES string of the molecule is Cc1cc(C)n2ncc(CN3CCN(Cc4ncccc4C)CC3)c2n1. The van der Waals surface area contributed by atoms with Crippen LogP contribution >= 0.6 is 0 Å². The monoisotopic (exact) mass is 350 g/mol. The maximum Gasteiger partial charge on any atom is 0.159 e. The molecule has 6 heteroatoms. The fourth-order valence-electron chi connectivity index (χ4n) is 3.67. The summed E-state index contributed by atoms with van der Waals surface area (Å²) in [6.45, 7) is 12.4. The van der Waals surface area contributed by atoms with E-state index in [0.717, 1.165) is 56.3 Å². The maximum absolute atomic E-state index is 4.70. The lowest BCUT2D eigenvalue weighted by Gasteiger charge is -2.34. The van der Waals surface area contributed by atoms with Crippen molar-refractivity contribution in [2.45, 2.75) is 33.9 Å². The van der Waals surface area contributed by atoms with E-state index in [-0.39, 0.29) is 0 Å². The van der Waals surface area contributed by atoms with Crippen molar-refractivity contribution < 1.29 is 0 Å². The third kappa shape index (κ3) is 3.48. The highest BCUT2D eigenvalue weighted by molar-refractivity contribution is 5.47. The highest BCUT2D eigenvalue weighted by atomic mass is 15.3. The third-order valence-corrected chi connectivity index (χ3v) is 5.20. The number of aryl methyl sites for hydroxylation is 3. The second-order valence-corrected chi connectivity index (χ2v) is 7.26. The van der Waals surface area contributed by atoms with Gasteiger partial charge >= 0.3 is 0 Å². The van der Waals surface area contributed by atoms with Gasteiger partial charge in [-0.3, -0.25) is 14.8 Å². The standard InChI is InChI=1S/C20H26N6/c1-15-5-4-6-21-19(15)14-25-9-7-24(8-10-25)13-18-12-22-26-17(3)11-16(2)23-20(18)26/h4-6,11-12H,7-10,13-14H2,1-3H3. The van der Waals surface area contributed by atoms with Gasteiger partial charge in [-0.1, -0.05) is 6.07 Å². The summed E-state index contributed by atoms with van der Waals surface area (Å²) in [5, 5.41) is 4.51. The van der Waals surface area contributed by atoms with Crippen LogP contribution in [-0.2, 0) is 13.1 Å². The molecule has 0 spiro atoms. The van der Waals surface area contributed by atoms with Gasteiger partial charge in [-0.25, -0.2) is 9.50 Å². The molecule has 0 N–H and O–H groups in total. The lowest BCUT2D eigenvalue weighted by atomic mass is 10.2. The highest BCUT2D eigenvalue weighted by Gasteiger charge is 2.19. The van der Waals surface area contributed by atoms with E-state index in [1.54, 1.807) is 0 Å². The third-order valence-electron chi connectivity index (χ3n) is 5.20. The predicted octanol–water partition coefficient (Wildman–Crippen LogP) is 2.37. The zero-order valence-corrected chi connectivity index (χ0v) is 15.8. The van der Waals surface area contributed by atoms with Crippen LogP contribution in [0.2, 0.25) is 0 Å². The first kappa shape index (κ1) is 17.1. The van der Waals surface area contributed by atoms with E-state index in [9.17, 15) is 0 Å². The van der Waals surface area contributed by atoms with Crippen molar-refractivity contribution in [1.29, 1.82) is 0 Å². The fraction of sp³-hybridized carbons (Fsp3) is 0.450. The van der Waals surface area contributed by atoms with E-state index in [4.69, 9.17) is 4.98 Å². The molecule has 3 aromatic rings. The van der Waals surface area contributed by atoms with E-state index in [1.807, 2.05) is 29.9 Å². The zero-order valence-electron chi connectivity index (χ0n) is 15.8. The molecule has 3 aromatic heterocycles. The number of hydrogen-bond acceptors (Lipinski definition) is 5. The van der Waals surface area contributed by atoms with Crippen LogP contribution in [0.4, 0.5) is 0 Å². The molecule has 4 heterocycles. The molecule has 1 aliphatic rings. The summed E-state index contributed by atoms with van der Waals surface area (Å²) in [6, 6.07) is 6.22. The Hall–Kier alpha value is -2.31. The topological polar surface area (TPSA) is 49.6 Å². The van der Waals surface area contributed by atoms with Gasteiger partial charge in [0.25, 0.3) is 0 Å². The number of hydrogen-bond donors (Lipinski definition) is 0. The molecule has 1 saturated heterocycles. The van der Waals surface area contributed by atoms with Crippen molar-refractivity contribution in [3.63, 3.8) is 0 Å². The maximum atomic E-state index is 4.70. The fourth-order valence-corrected chi connectivity index (χ4v) is 3.67. The van der Waals surface area contributed by atoms with E-state index in [1.165, 1.54) is 16.8 Å². The lowest BCUT2D eigenvalue weighted by Crippen LogP contribution is -2.45. The molecular formula is C20H26N6. The van der Waals surface area contributed by atoms with Crippen LogP contribution in [0.1, 0.15) is 28.2 Å². The molecule has 0 unspecified atom stereocenters. The minimum Gasteiger partial charge on any atom is -0.296 e. The normalized spacial score (nSPS) is 16.4. The van der Waals surface area contributed by atoms with Gasteiger partial charge in [0.15, 0.2) is 5.65 Å². The van der Waals surface area contributed by atoms with Gasteiger partial charge in [0.2, 0.25) is 0 Å². The van der Waals surface area contributed by atoms with E-state index < -0.39 is 0 Å². The van der Waals surface area contributed by atoms with Crippen molar-refractivity contribution >= 4 is 5.65 Å². The van der Waals surface area contributed by atoms with Crippen LogP contribution in [0.5, 0.6) is 0 Å².